The molecule has 0 radical (unpaired) electrons. The van der Waals surface area contributed by atoms with Gasteiger partial charge in [0.05, 0.1) is 4.88 Å². The SMILES string of the molecule is CC(C)c1ccc(N2CCN(C(=O)c3cccs3)[C@@H](C)C2=O)cc1. The molecule has 0 bridgehead atoms. The highest BCUT2D eigenvalue weighted by molar-refractivity contribution is 7.12. The van der Waals surface area contributed by atoms with Crippen LogP contribution in [0, 0.1) is 0 Å². The first-order valence-electron chi connectivity index (χ1n) is 8.25. The van der Waals surface area contributed by atoms with E-state index >= 15 is 0 Å². The van der Waals surface area contributed by atoms with E-state index in [1.807, 2.05) is 30.5 Å². The van der Waals surface area contributed by atoms with Gasteiger partial charge in [-0.1, -0.05) is 32.0 Å². The molecule has 5 heteroatoms. The number of rotatable bonds is 3. The van der Waals surface area contributed by atoms with Crippen LogP contribution in [0.2, 0.25) is 0 Å². The number of amides is 2. The van der Waals surface area contributed by atoms with Crippen LogP contribution in [-0.4, -0.2) is 35.8 Å². The first-order valence-corrected chi connectivity index (χ1v) is 9.13. The lowest BCUT2D eigenvalue weighted by Gasteiger charge is -2.39. The molecule has 24 heavy (non-hydrogen) atoms. The second-order valence-electron chi connectivity index (χ2n) is 6.39. The van der Waals surface area contributed by atoms with E-state index in [2.05, 4.69) is 26.0 Å². The Hall–Kier alpha value is -2.14. The topological polar surface area (TPSA) is 40.6 Å². The molecule has 1 aliphatic rings. The van der Waals surface area contributed by atoms with Crippen LogP contribution in [0.1, 0.15) is 41.9 Å². The fraction of sp³-hybridized carbons (Fsp3) is 0.368. The third-order valence-corrected chi connectivity index (χ3v) is 5.38. The predicted octanol–water partition coefficient (Wildman–Crippen LogP) is 3.75. The Morgan fingerprint density at radius 3 is 2.46 bits per heavy atom. The Balaban J connectivity index is 1.76. The molecular weight excluding hydrogens is 320 g/mol. The maximum absolute atomic E-state index is 12.8. The van der Waals surface area contributed by atoms with E-state index in [0.717, 1.165) is 5.69 Å². The maximum Gasteiger partial charge on any atom is 0.264 e. The van der Waals surface area contributed by atoms with Gasteiger partial charge < -0.3 is 9.80 Å². The summed E-state index contributed by atoms with van der Waals surface area (Å²) in [5.74, 6) is 0.387. The first-order chi connectivity index (χ1) is 11.5. The summed E-state index contributed by atoms with van der Waals surface area (Å²) < 4.78 is 0. The van der Waals surface area contributed by atoms with Crippen molar-refractivity contribution in [2.24, 2.45) is 0 Å². The van der Waals surface area contributed by atoms with Crippen LogP contribution in [0.3, 0.4) is 0 Å². The Morgan fingerprint density at radius 2 is 1.88 bits per heavy atom. The summed E-state index contributed by atoms with van der Waals surface area (Å²) in [6, 6.07) is 11.4. The van der Waals surface area contributed by atoms with Gasteiger partial charge in [0.15, 0.2) is 0 Å². The van der Waals surface area contributed by atoms with Crippen molar-refractivity contribution in [3.05, 3.63) is 52.2 Å². The molecule has 4 nitrogen and oxygen atoms in total. The number of benzene rings is 1. The summed E-state index contributed by atoms with van der Waals surface area (Å²) in [5, 5.41) is 1.88. The molecule has 2 heterocycles. The van der Waals surface area contributed by atoms with Gasteiger partial charge in [-0.05, 0) is 42.0 Å². The molecule has 0 unspecified atom stereocenters. The van der Waals surface area contributed by atoms with Gasteiger partial charge in [0, 0.05) is 18.8 Å². The lowest BCUT2D eigenvalue weighted by molar-refractivity contribution is -0.124. The highest BCUT2D eigenvalue weighted by atomic mass is 32.1. The number of hydrogen-bond acceptors (Lipinski definition) is 3. The van der Waals surface area contributed by atoms with E-state index < -0.39 is 6.04 Å². The van der Waals surface area contributed by atoms with E-state index in [9.17, 15) is 9.59 Å². The van der Waals surface area contributed by atoms with Gasteiger partial charge in [-0.15, -0.1) is 11.3 Å². The van der Waals surface area contributed by atoms with Gasteiger partial charge in [0.2, 0.25) is 5.91 Å². The summed E-state index contributed by atoms with van der Waals surface area (Å²) in [6.07, 6.45) is 0. The normalized spacial score (nSPS) is 18.3. The third-order valence-electron chi connectivity index (χ3n) is 4.52. The van der Waals surface area contributed by atoms with Crippen molar-refractivity contribution in [1.29, 1.82) is 0 Å². The first kappa shape index (κ1) is 16.7. The van der Waals surface area contributed by atoms with E-state index in [1.165, 1.54) is 16.9 Å². The Labute approximate surface area is 146 Å². The zero-order valence-electron chi connectivity index (χ0n) is 14.2. The fourth-order valence-electron chi connectivity index (χ4n) is 2.99. The Bertz CT molecular complexity index is 722. The lowest BCUT2D eigenvalue weighted by Crippen LogP contribution is -2.57. The predicted molar refractivity (Wildman–Crippen MR) is 97.7 cm³/mol. The minimum absolute atomic E-state index is 0.0246. The molecule has 1 aliphatic heterocycles. The van der Waals surface area contributed by atoms with Gasteiger partial charge >= 0.3 is 0 Å². The van der Waals surface area contributed by atoms with Crippen LogP contribution in [0.15, 0.2) is 41.8 Å². The van der Waals surface area contributed by atoms with E-state index in [-0.39, 0.29) is 11.8 Å². The quantitative estimate of drug-likeness (QED) is 0.852. The van der Waals surface area contributed by atoms with Crippen LogP contribution >= 0.6 is 11.3 Å². The molecule has 3 rings (SSSR count). The van der Waals surface area contributed by atoms with Crippen LogP contribution in [0.4, 0.5) is 5.69 Å². The van der Waals surface area contributed by atoms with Crippen molar-refractivity contribution in [1.82, 2.24) is 4.90 Å². The number of anilines is 1. The fourth-order valence-corrected chi connectivity index (χ4v) is 3.66. The summed E-state index contributed by atoms with van der Waals surface area (Å²) in [7, 11) is 0. The second-order valence-corrected chi connectivity index (χ2v) is 7.34. The van der Waals surface area contributed by atoms with Crippen LogP contribution in [0.25, 0.3) is 0 Å². The van der Waals surface area contributed by atoms with E-state index in [1.54, 1.807) is 15.9 Å². The monoisotopic (exact) mass is 342 g/mol. The third kappa shape index (κ3) is 3.08. The standard InChI is InChI=1S/C19H22N2O2S/c1-13(2)15-6-8-16(9-7-15)21-11-10-20(14(3)18(21)22)19(23)17-5-4-12-24-17/h4-9,12-14H,10-11H2,1-3H3/t14-/m0/s1. The molecule has 2 aromatic rings. The van der Waals surface area contributed by atoms with Gasteiger partial charge in [0.1, 0.15) is 6.04 Å². The van der Waals surface area contributed by atoms with Crippen LogP contribution in [0.5, 0.6) is 0 Å². The molecule has 0 N–H and O–H groups in total. The molecule has 126 valence electrons. The largest absolute Gasteiger partial charge is 0.324 e. The number of piperazine rings is 1. The summed E-state index contributed by atoms with van der Waals surface area (Å²) in [5.41, 5.74) is 2.16. The van der Waals surface area contributed by atoms with Crippen molar-refractivity contribution >= 4 is 28.8 Å². The molecule has 1 atom stereocenters. The average molecular weight is 342 g/mol. The molecule has 1 aromatic heterocycles. The van der Waals surface area contributed by atoms with Crippen LogP contribution < -0.4 is 4.90 Å². The maximum atomic E-state index is 12.8. The molecule has 0 aliphatic carbocycles. The Kier molecular flexibility index (Phi) is 4.71. The van der Waals surface area contributed by atoms with Gasteiger partial charge in [-0.25, -0.2) is 0 Å². The molecule has 2 amide bonds. The van der Waals surface area contributed by atoms with E-state index in [0.29, 0.717) is 23.9 Å². The lowest BCUT2D eigenvalue weighted by atomic mass is 10.0. The average Bonchev–Trinajstić information content (AvgIpc) is 3.11. The highest BCUT2D eigenvalue weighted by Crippen LogP contribution is 2.25. The van der Waals surface area contributed by atoms with Gasteiger partial charge in [-0.3, -0.25) is 9.59 Å². The van der Waals surface area contributed by atoms with Crippen molar-refractivity contribution in [3.63, 3.8) is 0 Å². The molecule has 0 spiro atoms. The minimum Gasteiger partial charge on any atom is -0.324 e. The smallest absolute Gasteiger partial charge is 0.264 e. The number of hydrogen-bond donors (Lipinski definition) is 0. The molecular formula is C19H22N2O2S. The van der Waals surface area contributed by atoms with Crippen molar-refractivity contribution in [2.45, 2.75) is 32.7 Å². The zero-order valence-corrected chi connectivity index (χ0v) is 15.0. The number of nitrogens with zero attached hydrogens (tertiary/aromatic N) is 2. The zero-order chi connectivity index (χ0) is 17.3. The number of thiophene rings is 1. The highest BCUT2D eigenvalue weighted by Gasteiger charge is 2.35. The Morgan fingerprint density at radius 1 is 1.17 bits per heavy atom. The summed E-state index contributed by atoms with van der Waals surface area (Å²) in [6.45, 7) is 7.19. The van der Waals surface area contributed by atoms with E-state index in [4.69, 9.17) is 0 Å². The summed E-state index contributed by atoms with van der Waals surface area (Å²) >= 11 is 1.41. The van der Waals surface area contributed by atoms with Crippen molar-refractivity contribution < 1.29 is 9.59 Å². The van der Waals surface area contributed by atoms with Gasteiger partial charge in [0.25, 0.3) is 5.91 Å². The molecule has 1 saturated heterocycles. The molecule has 1 aromatic carbocycles. The van der Waals surface area contributed by atoms with Crippen molar-refractivity contribution in [3.8, 4) is 0 Å². The number of carbonyl (C=O) groups is 2. The summed E-state index contributed by atoms with van der Waals surface area (Å²) in [4.78, 5) is 29.5. The van der Waals surface area contributed by atoms with Crippen molar-refractivity contribution in [2.75, 3.05) is 18.0 Å². The molecule has 1 fully saturated rings. The van der Waals surface area contributed by atoms with Gasteiger partial charge in [-0.2, -0.15) is 0 Å². The van der Waals surface area contributed by atoms with Crippen LogP contribution in [-0.2, 0) is 4.79 Å². The molecule has 0 saturated carbocycles. The minimum atomic E-state index is -0.446. The second kappa shape index (κ2) is 6.77. The number of carbonyl (C=O) groups excluding carboxylic acids is 2.